The van der Waals surface area contributed by atoms with Crippen molar-refractivity contribution in [1.82, 2.24) is 0 Å². The average Bonchev–Trinajstić information content (AvgIpc) is 1.93. The van der Waals surface area contributed by atoms with Crippen molar-refractivity contribution in [3.05, 3.63) is 39.9 Å². The summed E-state index contributed by atoms with van der Waals surface area (Å²) in [5, 5.41) is 0. The van der Waals surface area contributed by atoms with Crippen molar-refractivity contribution < 1.29 is 2.74 Å². The molecule has 0 unspecified atom stereocenters. The smallest absolute Gasteiger partial charge is 0.0538 e. The van der Waals surface area contributed by atoms with Crippen molar-refractivity contribution in [2.45, 2.75) is 0 Å². The molecular formula is C8H7I. The molecule has 0 aliphatic carbocycles. The van der Waals surface area contributed by atoms with Crippen LogP contribution in [0.3, 0.4) is 0 Å². The van der Waals surface area contributed by atoms with E-state index in [1.807, 2.05) is 24.3 Å². The normalized spacial score (nSPS) is 11.7. The highest BCUT2D eigenvalue weighted by Gasteiger charge is 1.83. The second-order valence-electron chi connectivity index (χ2n) is 1.70. The molecule has 1 heteroatoms. The molecule has 0 spiro atoms. The Kier molecular flexibility index (Phi) is 1.50. The summed E-state index contributed by atoms with van der Waals surface area (Å²) in [5.74, 6) is 0. The first-order chi connectivity index (χ1) is 5.18. The number of hydrogen-bond donors (Lipinski definition) is 0. The third-order valence-electron chi connectivity index (χ3n) is 1.04. The maximum atomic E-state index is 6.89. The highest BCUT2D eigenvalue weighted by atomic mass is 127. The minimum Gasteiger partial charge on any atom is -0.0985 e. The van der Waals surface area contributed by atoms with Gasteiger partial charge in [0.2, 0.25) is 0 Å². The second-order valence-corrected chi connectivity index (χ2v) is 2.94. The van der Waals surface area contributed by atoms with Crippen LogP contribution in [-0.2, 0) is 0 Å². The summed E-state index contributed by atoms with van der Waals surface area (Å²) in [6.45, 7) is -0.161. The summed E-state index contributed by atoms with van der Waals surface area (Å²) in [7, 11) is 0. The summed E-state index contributed by atoms with van der Waals surface area (Å²) >= 11 is 2.22. The van der Waals surface area contributed by atoms with Gasteiger partial charge in [0.05, 0.1) is 2.74 Å². The monoisotopic (exact) mass is 232 g/mol. The molecule has 9 heavy (non-hydrogen) atoms. The van der Waals surface area contributed by atoms with Crippen LogP contribution in [-0.4, -0.2) is 0 Å². The number of halogens is 1. The topological polar surface area (TPSA) is 0 Å². The quantitative estimate of drug-likeness (QED) is 0.653. The third kappa shape index (κ3) is 1.82. The molecule has 0 fully saturated rings. The standard InChI is InChI=1S/C8H7I/c1-2-7-3-5-8(9)6-4-7/h2-6H,1H2/i1D2. The van der Waals surface area contributed by atoms with E-state index in [9.17, 15) is 0 Å². The Balaban J connectivity index is 2.91. The zero-order chi connectivity index (χ0) is 8.27. The highest BCUT2D eigenvalue weighted by molar-refractivity contribution is 14.1. The molecule has 1 aromatic rings. The maximum Gasteiger partial charge on any atom is 0.0538 e. The van der Waals surface area contributed by atoms with E-state index in [4.69, 9.17) is 2.74 Å². The highest BCUT2D eigenvalue weighted by Crippen LogP contribution is 2.06. The molecule has 0 atom stereocenters. The van der Waals surface area contributed by atoms with Gasteiger partial charge in [-0.1, -0.05) is 24.7 Å². The molecule has 1 aromatic carbocycles. The van der Waals surface area contributed by atoms with Gasteiger partial charge in [0.15, 0.2) is 0 Å². The van der Waals surface area contributed by atoms with Crippen molar-refractivity contribution in [1.29, 1.82) is 0 Å². The Morgan fingerprint density at radius 1 is 1.44 bits per heavy atom. The Labute approximate surface area is 71.5 Å². The molecule has 1 rings (SSSR count). The van der Waals surface area contributed by atoms with Gasteiger partial charge in [0.25, 0.3) is 0 Å². The lowest BCUT2D eigenvalue weighted by molar-refractivity contribution is 1.61. The lowest BCUT2D eigenvalue weighted by Gasteiger charge is -1.90. The van der Waals surface area contributed by atoms with Crippen molar-refractivity contribution in [3.63, 3.8) is 0 Å². The van der Waals surface area contributed by atoms with Gasteiger partial charge in [0, 0.05) is 3.57 Å². The fraction of sp³-hybridized carbons (Fsp3) is 0. The number of benzene rings is 1. The molecule has 0 nitrogen and oxygen atoms in total. The van der Waals surface area contributed by atoms with E-state index >= 15 is 0 Å². The fourth-order valence-electron chi connectivity index (χ4n) is 0.559. The van der Waals surface area contributed by atoms with Gasteiger partial charge in [0.1, 0.15) is 0 Å². The van der Waals surface area contributed by atoms with Gasteiger partial charge in [-0.2, -0.15) is 0 Å². The SMILES string of the molecule is [2H]C([2H])=Cc1ccc(I)cc1. The summed E-state index contributed by atoms with van der Waals surface area (Å²) in [5.41, 5.74) is 0.908. The molecule has 0 N–H and O–H groups in total. The van der Waals surface area contributed by atoms with Gasteiger partial charge >= 0.3 is 0 Å². The predicted molar refractivity (Wildman–Crippen MR) is 49.3 cm³/mol. The van der Waals surface area contributed by atoms with E-state index < -0.39 is 0 Å². The Morgan fingerprint density at radius 2 is 2.11 bits per heavy atom. The lowest BCUT2D eigenvalue weighted by Crippen LogP contribution is -1.70. The zero-order valence-corrected chi connectivity index (χ0v) is 6.92. The molecule has 0 amide bonds. The van der Waals surface area contributed by atoms with Crippen LogP contribution >= 0.6 is 22.6 Å². The first-order valence-electron chi connectivity index (χ1n) is 3.59. The third-order valence-corrected chi connectivity index (χ3v) is 1.76. The fourth-order valence-corrected chi connectivity index (χ4v) is 0.919. The molecule has 46 valence electrons. The summed E-state index contributed by atoms with van der Waals surface area (Å²) in [4.78, 5) is 0. The predicted octanol–water partition coefficient (Wildman–Crippen LogP) is 2.93. The number of rotatable bonds is 1. The zero-order valence-electron chi connectivity index (χ0n) is 6.76. The van der Waals surface area contributed by atoms with Crippen LogP contribution in [0.15, 0.2) is 30.8 Å². The first-order valence-corrected chi connectivity index (χ1v) is 3.67. The molecular weight excluding hydrogens is 223 g/mol. The van der Waals surface area contributed by atoms with E-state index in [-0.39, 0.29) is 6.53 Å². The van der Waals surface area contributed by atoms with Gasteiger partial charge in [-0.05, 0) is 40.3 Å². The van der Waals surface area contributed by atoms with Gasteiger partial charge in [-0.15, -0.1) is 0 Å². The number of hydrogen-bond acceptors (Lipinski definition) is 0. The summed E-state index contributed by atoms with van der Waals surface area (Å²) in [6.07, 6.45) is 1.51. The van der Waals surface area contributed by atoms with Crippen molar-refractivity contribution in [3.8, 4) is 0 Å². The van der Waals surface area contributed by atoms with Gasteiger partial charge in [-0.25, -0.2) is 0 Å². The van der Waals surface area contributed by atoms with Crippen LogP contribution in [0.1, 0.15) is 8.30 Å². The van der Waals surface area contributed by atoms with Crippen LogP contribution in [0.5, 0.6) is 0 Å². The van der Waals surface area contributed by atoms with Gasteiger partial charge < -0.3 is 0 Å². The maximum absolute atomic E-state index is 6.89. The summed E-state index contributed by atoms with van der Waals surface area (Å²) in [6, 6.07) is 7.69. The Hall–Kier alpha value is -0.310. The first kappa shape index (κ1) is 4.50. The molecule has 0 heterocycles. The minimum absolute atomic E-state index is 0.161. The lowest BCUT2D eigenvalue weighted by atomic mass is 10.2. The van der Waals surface area contributed by atoms with Gasteiger partial charge in [-0.3, -0.25) is 0 Å². The van der Waals surface area contributed by atoms with E-state index in [2.05, 4.69) is 22.6 Å². The molecule has 0 radical (unpaired) electrons. The largest absolute Gasteiger partial charge is 0.0985 e. The molecule has 0 aliphatic heterocycles. The molecule has 0 aliphatic rings. The van der Waals surface area contributed by atoms with Crippen LogP contribution < -0.4 is 0 Å². The Morgan fingerprint density at radius 3 is 2.67 bits per heavy atom. The van der Waals surface area contributed by atoms with Crippen LogP contribution in [0.2, 0.25) is 0 Å². The molecule has 0 saturated heterocycles. The van der Waals surface area contributed by atoms with E-state index in [1.165, 1.54) is 6.08 Å². The minimum atomic E-state index is -0.161. The molecule has 0 aromatic heterocycles. The van der Waals surface area contributed by atoms with E-state index in [0.29, 0.717) is 0 Å². The van der Waals surface area contributed by atoms with Crippen LogP contribution in [0.25, 0.3) is 6.08 Å². The van der Waals surface area contributed by atoms with Crippen molar-refractivity contribution in [2.75, 3.05) is 0 Å². The Bertz CT molecular complexity index is 260. The second kappa shape index (κ2) is 3.01. The molecule has 0 saturated carbocycles. The molecule has 0 bridgehead atoms. The van der Waals surface area contributed by atoms with Crippen molar-refractivity contribution in [2.24, 2.45) is 0 Å². The van der Waals surface area contributed by atoms with Crippen LogP contribution in [0.4, 0.5) is 0 Å². The van der Waals surface area contributed by atoms with E-state index in [1.54, 1.807) is 0 Å². The van der Waals surface area contributed by atoms with Crippen LogP contribution in [0, 0.1) is 3.57 Å². The average molecular weight is 232 g/mol. The van der Waals surface area contributed by atoms with E-state index in [0.717, 1.165) is 9.13 Å². The summed E-state index contributed by atoms with van der Waals surface area (Å²) < 4.78 is 15.0. The van der Waals surface area contributed by atoms with Crippen molar-refractivity contribution >= 4 is 28.7 Å².